The van der Waals surface area contributed by atoms with Gasteiger partial charge in [0.2, 0.25) is 0 Å². The number of nitrogens with one attached hydrogen (secondary N) is 1. The highest BCUT2D eigenvalue weighted by atomic mass is 14.9. The highest BCUT2D eigenvalue weighted by Crippen LogP contribution is 2.11. The van der Waals surface area contributed by atoms with Gasteiger partial charge in [0.15, 0.2) is 0 Å². The molecule has 78 valence electrons. The number of allylic oxidation sites excluding steroid dienone is 5. The first-order chi connectivity index (χ1) is 6.84. The first kappa shape index (κ1) is 11.1. The van der Waals surface area contributed by atoms with Crippen LogP contribution in [-0.4, -0.2) is 13.1 Å². The van der Waals surface area contributed by atoms with Gasteiger partial charge < -0.3 is 11.1 Å². The average molecular weight is 192 g/mol. The monoisotopic (exact) mass is 192 g/mol. The van der Waals surface area contributed by atoms with Crippen LogP contribution in [-0.2, 0) is 0 Å². The molecule has 1 rings (SSSR count). The molecule has 0 heterocycles. The Labute approximate surface area is 86.6 Å². The number of hydrogen-bond acceptors (Lipinski definition) is 2. The van der Waals surface area contributed by atoms with Gasteiger partial charge in [-0.2, -0.15) is 0 Å². The maximum absolute atomic E-state index is 5.44. The van der Waals surface area contributed by atoms with E-state index >= 15 is 0 Å². The molecule has 1 aliphatic rings. The fraction of sp³-hybridized carbons (Fsp3) is 0.500. The summed E-state index contributed by atoms with van der Waals surface area (Å²) >= 11 is 0. The topological polar surface area (TPSA) is 38.0 Å². The van der Waals surface area contributed by atoms with Crippen LogP contribution in [0.3, 0.4) is 0 Å². The maximum Gasteiger partial charge on any atom is 0.0332 e. The molecule has 0 aromatic heterocycles. The normalized spacial score (nSPS) is 15.9. The Kier molecular flexibility index (Phi) is 5.08. The molecule has 3 N–H and O–H groups in total. The van der Waals surface area contributed by atoms with Crippen LogP contribution in [0, 0.1) is 0 Å². The summed E-state index contributed by atoms with van der Waals surface area (Å²) in [5, 5.41) is 3.44. The fourth-order valence-corrected chi connectivity index (χ4v) is 1.43. The van der Waals surface area contributed by atoms with Gasteiger partial charge in [0.1, 0.15) is 0 Å². The third-order valence-electron chi connectivity index (χ3n) is 2.31. The third kappa shape index (κ3) is 3.79. The van der Waals surface area contributed by atoms with E-state index < -0.39 is 0 Å². The first-order valence-corrected chi connectivity index (χ1v) is 5.32. The van der Waals surface area contributed by atoms with Crippen molar-refractivity contribution in [1.29, 1.82) is 0 Å². The van der Waals surface area contributed by atoms with Gasteiger partial charge in [-0.25, -0.2) is 0 Å². The molecule has 1 aliphatic carbocycles. The number of rotatable bonds is 5. The lowest BCUT2D eigenvalue weighted by atomic mass is 10.2. The predicted molar refractivity (Wildman–Crippen MR) is 61.9 cm³/mol. The Morgan fingerprint density at radius 2 is 2.29 bits per heavy atom. The van der Waals surface area contributed by atoms with Crippen molar-refractivity contribution in [2.24, 2.45) is 5.73 Å². The zero-order valence-corrected chi connectivity index (χ0v) is 8.92. The molecule has 0 radical (unpaired) electrons. The van der Waals surface area contributed by atoms with E-state index in [4.69, 9.17) is 5.73 Å². The minimum atomic E-state index is 0.789. The van der Waals surface area contributed by atoms with Crippen LogP contribution in [0.2, 0.25) is 0 Å². The summed E-state index contributed by atoms with van der Waals surface area (Å²) in [6.45, 7) is 3.95. The second-order valence-electron chi connectivity index (χ2n) is 3.55. The van der Waals surface area contributed by atoms with E-state index in [0.717, 1.165) is 32.4 Å². The molecule has 0 bridgehead atoms. The highest BCUT2D eigenvalue weighted by Gasteiger charge is 1.99. The van der Waals surface area contributed by atoms with Gasteiger partial charge in [0.25, 0.3) is 0 Å². The Balaban J connectivity index is 2.32. The number of hydrogen-bond donors (Lipinski definition) is 2. The largest absolute Gasteiger partial charge is 0.385 e. The predicted octanol–water partition coefficient (Wildman–Crippen LogP) is 2.10. The maximum atomic E-state index is 5.44. The summed E-state index contributed by atoms with van der Waals surface area (Å²) in [5.74, 6) is 0. The van der Waals surface area contributed by atoms with Gasteiger partial charge in [0, 0.05) is 12.2 Å². The smallest absolute Gasteiger partial charge is 0.0332 e. The van der Waals surface area contributed by atoms with E-state index in [9.17, 15) is 0 Å². The Morgan fingerprint density at radius 3 is 3.07 bits per heavy atom. The molecule has 0 saturated carbocycles. The standard InChI is InChI=1S/C12H20N2/c1-11-7-3-2-4-8-12(11)14-10-6-5-9-13/h2-3,7-8,14H,4-6,9-10,13H2,1H3. The summed E-state index contributed by atoms with van der Waals surface area (Å²) in [7, 11) is 0. The van der Waals surface area contributed by atoms with Crippen molar-refractivity contribution >= 4 is 0 Å². The van der Waals surface area contributed by atoms with Crippen LogP contribution in [0.4, 0.5) is 0 Å². The minimum absolute atomic E-state index is 0.789. The Hall–Kier alpha value is -1.02. The molecule has 14 heavy (non-hydrogen) atoms. The van der Waals surface area contributed by atoms with Crippen molar-refractivity contribution in [2.45, 2.75) is 26.2 Å². The molecule has 2 heteroatoms. The van der Waals surface area contributed by atoms with E-state index in [1.54, 1.807) is 0 Å². The lowest BCUT2D eigenvalue weighted by Gasteiger charge is -2.10. The summed E-state index contributed by atoms with van der Waals surface area (Å²) in [5.41, 5.74) is 8.02. The highest BCUT2D eigenvalue weighted by molar-refractivity contribution is 5.33. The summed E-state index contributed by atoms with van der Waals surface area (Å²) in [4.78, 5) is 0. The Morgan fingerprint density at radius 1 is 1.43 bits per heavy atom. The van der Waals surface area contributed by atoms with E-state index in [1.165, 1.54) is 11.3 Å². The van der Waals surface area contributed by atoms with E-state index in [2.05, 4.69) is 36.5 Å². The van der Waals surface area contributed by atoms with Crippen molar-refractivity contribution in [3.63, 3.8) is 0 Å². The lowest BCUT2D eigenvalue weighted by molar-refractivity contribution is 0.686. The fourth-order valence-electron chi connectivity index (χ4n) is 1.43. The second kappa shape index (κ2) is 6.44. The lowest BCUT2D eigenvalue weighted by Crippen LogP contribution is -2.16. The van der Waals surface area contributed by atoms with Crippen LogP contribution in [0.5, 0.6) is 0 Å². The molecule has 0 aromatic carbocycles. The molecular weight excluding hydrogens is 172 g/mol. The van der Waals surface area contributed by atoms with Gasteiger partial charge in [0.05, 0.1) is 0 Å². The SMILES string of the molecule is CC1=CC=CCC=C1NCCCCN. The second-order valence-corrected chi connectivity index (χ2v) is 3.55. The van der Waals surface area contributed by atoms with Crippen LogP contribution in [0.25, 0.3) is 0 Å². The number of unbranched alkanes of at least 4 members (excludes halogenated alkanes) is 1. The van der Waals surface area contributed by atoms with Gasteiger partial charge >= 0.3 is 0 Å². The zero-order valence-electron chi connectivity index (χ0n) is 8.92. The molecule has 0 saturated heterocycles. The van der Waals surface area contributed by atoms with Crippen molar-refractivity contribution in [2.75, 3.05) is 13.1 Å². The summed E-state index contributed by atoms with van der Waals surface area (Å²) in [6.07, 6.45) is 11.9. The van der Waals surface area contributed by atoms with Gasteiger partial charge in [-0.3, -0.25) is 0 Å². The van der Waals surface area contributed by atoms with Crippen molar-refractivity contribution in [1.82, 2.24) is 5.32 Å². The van der Waals surface area contributed by atoms with Crippen LogP contribution in [0.1, 0.15) is 26.2 Å². The summed E-state index contributed by atoms with van der Waals surface area (Å²) < 4.78 is 0. The average Bonchev–Trinajstić information content (AvgIpc) is 2.39. The molecule has 0 spiro atoms. The molecule has 0 aliphatic heterocycles. The van der Waals surface area contributed by atoms with Crippen molar-refractivity contribution < 1.29 is 0 Å². The molecule has 0 unspecified atom stereocenters. The van der Waals surface area contributed by atoms with E-state index in [0.29, 0.717) is 0 Å². The van der Waals surface area contributed by atoms with Crippen LogP contribution in [0.15, 0.2) is 35.6 Å². The van der Waals surface area contributed by atoms with Crippen molar-refractivity contribution in [3.05, 3.63) is 35.6 Å². The zero-order chi connectivity index (χ0) is 10.2. The van der Waals surface area contributed by atoms with Gasteiger partial charge in [-0.05, 0) is 38.3 Å². The van der Waals surface area contributed by atoms with Crippen molar-refractivity contribution in [3.8, 4) is 0 Å². The van der Waals surface area contributed by atoms with E-state index in [1.807, 2.05) is 0 Å². The van der Waals surface area contributed by atoms with Gasteiger partial charge in [-0.15, -0.1) is 0 Å². The third-order valence-corrected chi connectivity index (χ3v) is 2.31. The molecule has 0 amide bonds. The molecular formula is C12H20N2. The molecule has 0 atom stereocenters. The number of nitrogens with two attached hydrogens (primary N) is 1. The first-order valence-electron chi connectivity index (χ1n) is 5.32. The van der Waals surface area contributed by atoms with Crippen LogP contribution >= 0.6 is 0 Å². The molecule has 0 aromatic rings. The minimum Gasteiger partial charge on any atom is -0.385 e. The summed E-state index contributed by atoms with van der Waals surface area (Å²) in [6, 6.07) is 0. The molecule has 2 nitrogen and oxygen atoms in total. The quantitative estimate of drug-likeness (QED) is 0.655. The Bertz CT molecular complexity index is 249. The van der Waals surface area contributed by atoms with E-state index in [-0.39, 0.29) is 0 Å². The molecule has 0 fully saturated rings. The van der Waals surface area contributed by atoms with Crippen LogP contribution < -0.4 is 11.1 Å². The van der Waals surface area contributed by atoms with Gasteiger partial charge in [-0.1, -0.05) is 24.3 Å².